The van der Waals surface area contributed by atoms with Crippen LogP contribution in [0.2, 0.25) is 5.02 Å². The van der Waals surface area contributed by atoms with Crippen LogP contribution in [0.5, 0.6) is 0 Å². The Bertz CT molecular complexity index is 571. The lowest BCUT2D eigenvalue weighted by Gasteiger charge is -2.26. The molecular formula is C18H21ClFN. The Labute approximate surface area is 131 Å². The van der Waals surface area contributed by atoms with E-state index in [1.807, 2.05) is 18.2 Å². The molecule has 21 heavy (non-hydrogen) atoms. The van der Waals surface area contributed by atoms with Crippen LogP contribution in [0, 0.1) is 5.82 Å². The lowest BCUT2D eigenvalue weighted by atomic mass is 9.88. The molecule has 0 heterocycles. The van der Waals surface area contributed by atoms with Crippen LogP contribution < -0.4 is 5.32 Å². The lowest BCUT2D eigenvalue weighted by molar-refractivity contribution is 0.445. The molecule has 0 aliphatic heterocycles. The first-order chi connectivity index (χ1) is 10.1. The molecule has 1 nitrogen and oxygen atoms in total. The first-order valence-corrected chi connectivity index (χ1v) is 7.74. The number of nitrogens with one attached hydrogen (secondary N) is 1. The maximum absolute atomic E-state index is 14.3. The average Bonchev–Trinajstić information content (AvgIpc) is 2.50. The number of hydrogen-bond acceptors (Lipinski definition) is 1. The number of rotatable bonds is 6. The van der Waals surface area contributed by atoms with Crippen LogP contribution in [-0.4, -0.2) is 6.54 Å². The van der Waals surface area contributed by atoms with E-state index in [0.717, 1.165) is 13.0 Å². The van der Waals surface area contributed by atoms with Crippen molar-refractivity contribution in [3.8, 4) is 0 Å². The average molecular weight is 306 g/mol. The highest BCUT2D eigenvalue weighted by Gasteiger charge is 2.23. The number of benzene rings is 2. The third-order valence-corrected chi connectivity index (χ3v) is 3.97. The first kappa shape index (κ1) is 16.0. The van der Waals surface area contributed by atoms with Gasteiger partial charge in [0.15, 0.2) is 0 Å². The van der Waals surface area contributed by atoms with Crippen LogP contribution in [0.25, 0.3) is 0 Å². The smallest absolute Gasteiger partial charge is 0.129 e. The standard InChI is InChI=1S/C18H21ClFN/c1-3-11-21-18(13(2)14-7-5-4-6-8-14)16-10-9-15(19)12-17(16)20/h4-10,12-13,18,21H,3,11H2,1-2H3. The van der Waals surface area contributed by atoms with Gasteiger partial charge in [-0.25, -0.2) is 4.39 Å². The lowest BCUT2D eigenvalue weighted by Crippen LogP contribution is -2.27. The van der Waals surface area contributed by atoms with Gasteiger partial charge in [0.1, 0.15) is 5.82 Å². The zero-order valence-corrected chi connectivity index (χ0v) is 13.2. The van der Waals surface area contributed by atoms with Crippen LogP contribution in [0.3, 0.4) is 0 Å². The summed E-state index contributed by atoms with van der Waals surface area (Å²) in [5.74, 6) is -0.0766. The summed E-state index contributed by atoms with van der Waals surface area (Å²) in [5, 5.41) is 3.89. The largest absolute Gasteiger partial charge is 0.309 e. The molecule has 2 rings (SSSR count). The van der Waals surface area contributed by atoms with Crippen molar-refractivity contribution in [3.63, 3.8) is 0 Å². The summed E-state index contributed by atoms with van der Waals surface area (Å²) in [7, 11) is 0. The van der Waals surface area contributed by atoms with Crippen molar-refractivity contribution < 1.29 is 4.39 Å². The second kappa shape index (κ2) is 7.58. The summed E-state index contributed by atoms with van der Waals surface area (Å²) in [6, 6.07) is 15.0. The van der Waals surface area contributed by atoms with Crippen molar-refractivity contribution in [1.29, 1.82) is 0 Å². The summed E-state index contributed by atoms with van der Waals surface area (Å²) >= 11 is 5.86. The van der Waals surface area contributed by atoms with E-state index in [1.54, 1.807) is 12.1 Å². The molecule has 0 aliphatic carbocycles. The normalized spacial score (nSPS) is 13.9. The Balaban J connectivity index is 2.33. The van der Waals surface area contributed by atoms with E-state index in [1.165, 1.54) is 11.6 Å². The Morgan fingerprint density at radius 3 is 2.48 bits per heavy atom. The minimum Gasteiger partial charge on any atom is -0.309 e. The van der Waals surface area contributed by atoms with E-state index in [2.05, 4.69) is 31.3 Å². The SMILES string of the molecule is CCCNC(c1ccc(Cl)cc1F)C(C)c1ccccc1. The van der Waals surface area contributed by atoms with Gasteiger partial charge in [0.05, 0.1) is 0 Å². The molecule has 0 bridgehead atoms. The van der Waals surface area contributed by atoms with E-state index in [9.17, 15) is 4.39 Å². The van der Waals surface area contributed by atoms with Gasteiger partial charge in [0.2, 0.25) is 0 Å². The van der Waals surface area contributed by atoms with E-state index in [0.29, 0.717) is 10.6 Å². The molecule has 1 N–H and O–H groups in total. The molecule has 2 unspecified atom stereocenters. The van der Waals surface area contributed by atoms with Gasteiger partial charge in [-0.1, -0.05) is 61.8 Å². The molecule has 0 saturated heterocycles. The molecule has 2 aromatic rings. The highest BCUT2D eigenvalue weighted by molar-refractivity contribution is 6.30. The van der Waals surface area contributed by atoms with Crippen LogP contribution in [0.4, 0.5) is 4.39 Å². The topological polar surface area (TPSA) is 12.0 Å². The number of hydrogen-bond donors (Lipinski definition) is 1. The fourth-order valence-electron chi connectivity index (χ4n) is 2.56. The molecule has 0 aliphatic rings. The predicted molar refractivity (Wildman–Crippen MR) is 87.3 cm³/mol. The molecule has 0 spiro atoms. The van der Waals surface area contributed by atoms with Gasteiger partial charge in [-0.15, -0.1) is 0 Å². The monoisotopic (exact) mass is 305 g/mol. The molecular weight excluding hydrogens is 285 g/mol. The van der Waals surface area contributed by atoms with E-state index < -0.39 is 0 Å². The number of halogens is 2. The maximum Gasteiger partial charge on any atom is 0.129 e. The zero-order valence-electron chi connectivity index (χ0n) is 12.4. The van der Waals surface area contributed by atoms with Crippen molar-refractivity contribution in [2.24, 2.45) is 0 Å². The molecule has 112 valence electrons. The summed E-state index contributed by atoms with van der Waals surface area (Å²) in [6.07, 6.45) is 1.01. The summed E-state index contributed by atoms with van der Waals surface area (Å²) < 4.78 is 14.3. The van der Waals surface area contributed by atoms with Crippen molar-refractivity contribution >= 4 is 11.6 Å². The Morgan fingerprint density at radius 2 is 1.86 bits per heavy atom. The zero-order chi connectivity index (χ0) is 15.2. The van der Waals surface area contributed by atoms with Gasteiger partial charge < -0.3 is 5.32 Å². The second-order valence-corrected chi connectivity index (χ2v) is 5.73. The molecule has 0 aromatic heterocycles. The third kappa shape index (κ3) is 4.05. The first-order valence-electron chi connectivity index (χ1n) is 7.36. The van der Waals surface area contributed by atoms with Crippen LogP contribution >= 0.6 is 11.6 Å². The second-order valence-electron chi connectivity index (χ2n) is 5.30. The predicted octanol–water partition coefficient (Wildman–Crippen LogP) is 5.32. The molecule has 3 heteroatoms. The van der Waals surface area contributed by atoms with Crippen LogP contribution in [0.1, 0.15) is 43.4 Å². The molecule has 0 fully saturated rings. The van der Waals surface area contributed by atoms with Gasteiger partial charge in [-0.05, 0) is 30.7 Å². The Kier molecular flexibility index (Phi) is 5.77. The minimum atomic E-state index is -0.251. The van der Waals surface area contributed by atoms with Gasteiger partial charge in [0.25, 0.3) is 0 Å². The summed E-state index contributed by atoms with van der Waals surface area (Å²) in [6.45, 7) is 5.08. The highest BCUT2D eigenvalue weighted by Crippen LogP contribution is 2.32. The third-order valence-electron chi connectivity index (χ3n) is 3.74. The van der Waals surface area contributed by atoms with E-state index in [4.69, 9.17) is 11.6 Å². The summed E-state index contributed by atoms with van der Waals surface area (Å²) in [4.78, 5) is 0. The van der Waals surface area contributed by atoms with Crippen molar-refractivity contribution in [2.75, 3.05) is 6.54 Å². The van der Waals surface area contributed by atoms with Crippen LogP contribution in [-0.2, 0) is 0 Å². The van der Waals surface area contributed by atoms with Crippen molar-refractivity contribution in [1.82, 2.24) is 5.32 Å². The fraction of sp³-hybridized carbons (Fsp3) is 0.333. The molecule has 2 atom stereocenters. The maximum atomic E-state index is 14.3. The van der Waals surface area contributed by atoms with Crippen LogP contribution in [0.15, 0.2) is 48.5 Å². The summed E-state index contributed by atoms with van der Waals surface area (Å²) in [5.41, 5.74) is 1.87. The molecule has 0 saturated carbocycles. The Hall–Kier alpha value is -1.38. The molecule has 0 radical (unpaired) electrons. The van der Waals surface area contributed by atoms with Gasteiger partial charge in [-0.3, -0.25) is 0 Å². The minimum absolute atomic E-state index is 0.0652. The molecule has 2 aromatic carbocycles. The van der Waals surface area contributed by atoms with Crippen molar-refractivity contribution in [2.45, 2.75) is 32.2 Å². The Morgan fingerprint density at radius 1 is 1.14 bits per heavy atom. The van der Waals surface area contributed by atoms with E-state index in [-0.39, 0.29) is 17.8 Å². The fourth-order valence-corrected chi connectivity index (χ4v) is 2.72. The van der Waals surface area contributed by atoms with Crippen molar-refractivity contribution in [3.05, 3.63) is 70.5 Å². The molecule has 0 amide bonds. The quantitative estimate of drug-likeness (QED) is 0.761. The van der Waals surface area contributed by atoms with Gasteiger partial charge in [-0.2, -0.15) is 0 Å². The van der Waals surface area contributed by atoms with E-state index >= 15 is 0 Å². The van der Waals surface area contributed by atoms with Gasteiger partial charge >= 0.3 is 0 Å². The highest BCUT2D eigenvalue weighted by atomic mass is 35.5. The van der Waals surface area contributed by atoms with Gasteiger partial charge in [0, 0.05) is 22.5 Å².